The molecule has 0 saturated heterocycles. The molecule has 2 aromatic rings. The average molecular weight is 325 g/mol. The Bertz CT molecular complexity index is 565. The maximum absolute atomic E-state index is 5.84. The van der Waals surface area contributed by atoms with Gasteiger partial charge in [0.15, 0.2) is 5.16 Å². The van der Waals surface area contributed by atoms with Gasteiger partial charge >= 0.3 is 0 Å². The molecule has 1 fully saturated rings. The van der Waals surface area contributed by atoms with Gasteiger partial charge < -0.3 is 5.73 Å². The third-order valence-corrected chi connectivity index (χ3v) is 4.37. The molecule has 0 atom stereocenters. The second-order valence-corrected chi connectivity index (χ2v) is 6.22. The fraction of sp³-hybridized carbons (Fsp3) is 0.333. The van der Waals surface area contributed by atoms with Gasteiger partial charge in [0, 0.05) is 16.3 Å². The van der Waals surface area contributed by atoms with Crippen LogP contribution in [0.4, 0.5) is 5.95 Å². The number of nitrogens with two attached hydrogens (primary N) is 1. The minimum absolute atomic E-state index is 0.519. The predicted octanol–water partition coefficient (Wildman–Crippen LogP) is 3.25. The summed E-state index contributed by atoms with van der Waals surface area (Å²) in [5, 5.41) is 9.05. The van der Waals surface area contributed by atoms with Crippen molar-refractivity contribution in [3.05, 3.63) is 34.3 Å². The number of thioether (sulfide) groups is 1. The normalized spacial score (nSPS) is 14.9. The fourth-order valence-corrected chi connectivity index (χ4v) is 3.24. The predicted molar refractivity (Wildman–Crippen MR) is 76.4 cm³/mol. The van der Waals surface area contributed by atoms with Crippen LogP contribution in [0.1, 0.15) is 24.4 Å². The minimum atomic E-state index is 0.519. The largest absolute Gasteiger partial charge is 0.368 e. The van der Waals surface area contributed by atoms with Crippen LogP contribution in [0.5, 0.6) is 0 Å². The summed E-state index contributed by atoms with van der Waals surface area (Å²) in [5.41, 5.74) is 7.11. The zero-order valence-corrected chi connectivity index (χ0v) is 12.1. The third kappa shape index (κ3) is 2.54. The van der Waals surface area contributed by atoms with Crippen LogP contribution in [-0.4, -0.2) is 14.8 Å². The number of nitrogen functional groups attached to an aromatic ring is 1. The van der Waals surface area contributed by atoms with Crippen molar-refractivity contribution >= 4 is 33.6 Å². The summed E-state index contributed by atoms with van der Waals surface area (Å²) in [6.45, 7) is 0. The molecule has 1 aliphatic rings. The van der Waals surface area contributed by atoms with E-state index in [9.17, 15) is 0 Å². The van der Waals surface area contributed by atoms with Crippen molar-refractivity contribution in [2.45, 2.75) is 29.8 Å². The molecule has 0 aliphatic heterocycles. The second-order valence-electron chi connectivity index (χ2n) is 4.36. The second kappa shape index (κ2) is 4.93. The Kier molecular flexibility index (Phi) is 3.30. The van der Waals surface area contributed by atoms with Crippen molar-refractivity contribution in [3.8, 4) is 0 Å². The Balaban J connectivity index is 1.73. The van der Waals surface area contributed by atoms with Gasteiger partial charge in [-0.05, 0) is 30.5 Å². The molecule has 1 aromatic heterocycles. The molecular weight excluding hydrogens is 312 g/mol. The lowest BCUT2D eigenvalue weighted by atomic mass is 10.2. The number of anilines is 1. The van der Waals surface area contributed by atoms with E-state index in [4.69, 9.17) is 5.73 Å². The van der Waals surface area contributed by atoms with Crippen LogP contribution in [0.2, 0.25) is 0 Å². The lowest BCUT2D eigenvalue weighted by molar-refractivity contribution is 0.671. The van der Waals surface area contributed by atoms with Crippen molar-refractivity contribution in [1.29, 1.82) is 0 Å². The van der Waals surface area contributed by atoms with Crippen molar-refractivity contribution in [2.75, 3.05) is 5.73 Å². The zero-order chi connectivity index (χ0) is 12.5. The van der Waals surface area contributed by atoms with E-state index >= 15 is 0 Å². The Morgan fingerprint density at radius 3 is 2.94 bits per heavy atom. The maximum atomic E-state index is 5.84. The number of nitrogens with zero attached hydrogens (tertiary/aromatic N) is 3. The summed E-state index contributed by atoms with van der Waals surface area (Å²) in [7, 11) is 0. The first-order valence-electron chi connectivity index (χ1n) is 5.81. The Hall–Kier alpha value is -1.01. The minimum Gasteiger partial charge on any atom is -0.368 e. The van der Waals surface area contributed by atoms with Crippen LogP contribution in [0.15, 0.2) is 33.9 Å². The Morgan fingerprint density at radius 1 is 1.39 bits per heavy atom. The summed E-state index contributed by atoms with van der Waals surface area (Å²) < 4.78 is 3.16. The van der Waals surface area contributed by atoms with Crippen molar-refractivity contribution in [1.82, 2.24) is 14.8 Å². The molecule has 0 unspecified atom stereocenters. The molecule has 2 N–H and O–H groups in total. The van der Waals surface area contributed by atoms with E-state index < -0.39 is 0 Å². The molecule has 0 bridgehead atoms. The van der Waals surface area contributed by atoms with Crippen LogP contribution in [-0.2, 0) is 5.75 Å². The molecule has 18 heavy (non-hydrogen) atoms. The Morgan fingerprint density at radius 2 is 2.22 bits per heavy atom. The fourth-order valence-electron chi connectivity index (χ4n) is 1.84. The van der Waals surface area contributed by atoms with Crippen molar-refractivity contribution in [2.24, 2.45) is 0 Å². The first kappa shape index (κ1) is 12.0. The molecule has 3 rings (SSSR count). The van der Waals surface area contributed by atoms with Gasteiger partial charge in [0.05, 0.1) is 0 Å². The van der Waals surface area contributed by atoms with Crippen molar-refractivity contribution in [3.63, 3.8) is 0 Å². The maximum Gasteiger partial charge on any atom is 0.222 e. The number of benzene rings is 1. The third-order valence-electron chi connectivity index (χ3n) is 2.86. The van der Waals surface area contributed by atoms with E-state index in [2.05, 4.69) is 42.8 Å². The van der Waals surface area contributed by atoms with E-state index in [0.29, 0.717) is 12.0 Å². The SMILES string of the molecule is Nc1nnc(SCc2cccc(Br)c2)n1C1CC1. The molecule has 0 spiro atoms. The highest BCUT2D eigenvalue weighted by molar-refractivity contribution is 9.10. The summed E-state index contributed by atoms with van der Waals surface area (Å²) in [4.78, 5) is 0. The van der Waals surface area contributed by atoms with Gasteiger partial charge in [-0.1, -0.05) is 39.8 Å². The quantitative estimate of drug-likeness (QED) is 0.877. The molecule has 0 radical (unpaired) electrons. The zero-order valence-electron chi connectivity index (χ0n) is 9.71. The van der Waals surface area contributed by atoms with Crippen LogP contribution in [0.3, 0.4) is 0 Å². The van der Waals surface area contributed by atoms with Gasteiger partial charge in [-0.15, -0.1) is 10.2 Å². The van der Waals surface area contributed by atoms with E-state index in [1.807, 2.05) is 12.1 Å². The lowest BCUT2D eigenvalue weighted by Gasteiger charge is -2.06. The molecule has 1 heterocycles. The highest BCUT2D eigenvalue weighted by Crippen LogP contribution is 2.39. The number of rotatable bonds is 4. The summed E-state index contributed by atoms with van der Waals surface area (Å²) in [6, 6.07) is 8.82. The summed E-state index contributed by atoms with van der Waals surface area (Å²) >= 11 is 5.16. The summed E-state index contributed by atoms with van der Waals surface area (Å²) in [5.74, 6) is 1.42. The molecule has 1 aromatic carbocycles. The molecule has 1 aliphatic carbocycles. The van der Waals surface area contributed by atoms with Gasteiger partial charge in [0.25, 0.3) is 0 Å². The van der Waals surface area contributed by atoms with Gasteiger partial charge in [-0.2, -0.15) is 0 Å². The number of halogens is 1. The molecular formula is C12H13BrN4S. The number of hydrogen-bond donors (Lipinski definition) is 1. The monoisotopic (exact) mass is 324 g/mol. The smallest absolute Gasteiger partial charge is 0.222 e. The van der Waals surface area contributed by atoms with Gasteiger partial charge in [-0.25, -0.2) is 0 Å². The van der Waals surface area contributed by atoms with Gasteiger partial charge in [0.1, 0.15) is 0 Å². The Labute approximate surface area is 118 Å². The van der Waals surface area contributed by atoms with Crippen LogP contribution in [0, 0.1) is 0 Å². The van der Waals surface area contributed by atoms with E-state index in [1.54, 1.807) is 11.8 Å². The topological polar surface area (TPSA) is 56.7 Å². The standard InChI is InChI=1S/C12H13BrN4S/c13-9-3-1-2-8(6-9)7-18-12-16-15-11(14)17(12)10-4-5-10/h1-3,6,10H,4-5,7H2,(H2,14,15). The first-order valence-corrected chi connectivity index (χ1v) is 7.59. The first-order chi connectivity index (χ1) is 8.74. The van der Waals surface area contributed by atoms with Gasteiger partial charge in [0.2, 0.25) is 5.95 Å². The number of hydrogen-bond acceptors (Lipinski definition) is 4. The molecule has 94 valence electrons. The van der Waals surface area contributed by atoms with E-state index in [-0.39, 0.29) is 0 Å². The molecule has 4 nitrogen and oxygen atoms in total. The van der Waals surface area contributed by atoms with Crippen LogP contribution in [0.25, 0.3) is 0 Å². The molecule has 1 saturated carbocycles. The summed E-state index contributed by atoms with van der Waals surface area (Å²) in [6.07, 6.45) is 2.37. The number of aromatic nitrogens is 3. The van der Waals surface area contributed by atoms with Gasteiger partial charge in [-0.3, -0.25) is 4.57 Å². The van der Waals surface area contributed by atoms with E-state index in [1.165, 1.54) is 18.4 Å². The highest BCUT2D eigenvalue weighted by Gasteiger charge is 2.28. The van der Waals surface area contributed by atoms with Crippen LogP contribution >= 0.6 is 27.7 Å². The van der Waals surface area contributed by atoms with Crippen molar-refractivity contribution < 1.29 is 0 Å². The average Bonchev–Trinajstić information content (AvgIpc) is 3.11. The molecule has 6 heteroatoms. The van der Waals surface area contributed by atoms with E-state index in [0.717, 1.165) is 15.4 Å². The van der Waals surface area contributed by atoms with Crippen LogP contribution < -0.4 is 5.73 Å². The highest BCUT2D eigenvalue weighted by atomic mass is 79.9. The molecule has 0 amide bonds. The lowest BCUT2D eigenvalue weighted by Crippen LogP contribution is -2.02.